The first-order valence-electron chi connectivity index (χ1n) is 8.84. The predicted octanol–water partition coefficient (Wildman–Crippen LogP) is 3.67. The molecule has 0 spiro atoms. The number of hydrogen-bond donors (Lipinski definition) is 2. The molecule has 4 nitrogen and oxygen atoms in total. The monoisotopic (exact) mass is 333 g/mol. The minimum absolute atomic E-state index is 0.126. The van der Waals surface area contributed by atoms with Crippen molar-refractivity contribution in [2.24, 2.45) is 17.8 Å². The van der Waals surface area contributed by atoms with Gasteiger partial charge in [-0.3, -0.25) is 9.59 Å². The van der Waals surface area contributed by atoms with Crippen LogP contribution in [0.5, 0.6) is 0 Å². The van der Waals surface area contributed by atoms with Crippen molar-refractivity contribution in [3.63, 3.8) is 0 Å². The summed E-state index contributed by atoms with van der Waals surface area (Å²) in [5.74, 6) is -1.70. The van der Waals surface area contributed by atoms with Gasteiger partial charge in [-0.15, -0.1) is 0 Å². The Morgan fingerprint density at radius 1 is 1.08 bits per heavy atom. The molecular weight excluding hydrogens is 309 g/mol. The van der Waals surface area contributed by atoms with E-state index < -0.39 is 11.9 Å². The lowest BCUT2D eigenvalue weighted by molar-refractivity contribution is -0.141. The highest BCUT2D eigenvalue weighted by Gasteiger charge is 2.36. The first-order chi connectivity index (χ1) is 11.6. The molecule has 2 saturated carbocycles. The van der Waals surface area contributed by atoms with E-state index in [1.807, 2.05) is 0 Å². The van der Waals surface area contributed by atoms with Crippen molar-refractivity contribution in [2.45, 2.75) is 51.0 Å². The summed E-state index contributed by atoms with van der Waals surface area (Å²) in [6.45, 7) is 0. The molecular formula is C19H24FNO3. The molecule has 3 atom stereocenters. The molecule has 0 saturated heterocycles. The van der Waals surface area contributed by atoms with Gasteiger partial charge in [-0.2, -0.15) is 0 Å². The maximum absolute atomic E-state index is 14.3. The van der Waals surface area contributed by atoms with Crippen LogP contribution in [0.3, 0.4) is 0 Å². The molecule has 3 rings (SSSR count). The Hall–Kier alpha value is -1.91. The molecule has 0 aromatic heterocycles. The molecule has 0 radical (unpaired) electrons. The van der Waals surface area contributed by atoms with Crippen LogP contribution >= 0.6 is 0 Å². The van der Waals surface area contributed by atoms with Gasteiger partial charge in [0.25, 0.3) is 0 Å². The largest absolute Gasteiger partial charge is 0.481 e. The normalized spacial score (nSPS) is 25.5. The molecule has 1 unspecified atom stereocenters. The van der Waals surface area contributed by atoms with Crippen molar-refractivity contribution < 1.29 is 19.1 Å². The zero-order valence-electron chi connectivity index (χ0n) is 13.7. The van der Waals surface area contributed by atoms with Crippen LogP contribution in [0.15, 0.2) is 24.3 Å². The fourth-order valence-corrected chi connectivity index (χ4v) is 4.18. The van der Waals surface area contributed by atoms with Gasteiger partial charge >= 0.3 is 5.97 Å². The van der Waals surface area contributed by atoms with Crippen molar-refractivity contribution in [3.8, 4) is 0 Å². The molecule has 1 amide bonds. The second kappa shape index (κ2) is 7.32. The van der Waals surface area contributed by atoms with Crippen molar-refractivity contribution in [2.75, 3.05) is 0 Å². The number of aliphatic carboxylic acids is 1. The van der Waals surface area contributed by atoms with Crippen LogP contribution in [-0.2, 0) is 9.59 Å². The summed E-state index contributed by atoms with van der Waals surface area (Å²) in [4.78, 5) is 23.7. The molecule has 5 heteroatoms. The van der Waals surface area contributed by atoms with E-state index in [1.54, 1.807) is 18.2 Å². The molecule has 130 valence electrons. The number of carboxylic acid groups (broad SMARTS) is 1. The SMILES string of the molecule is O=C(O)[C@@H]1CC[C@H](C(=O)NC(c2ccccc2F)C2CCCC2)C1. The van der Waals surface area contributed by atoms with Crippen LogP contribution < -0.4 is 5.32 Å². The molecule has 1 aromatic rings. The van der Waals surface area contributed by atoms with Gasteiger partial charge in [0.1, 0.15) is 5.82 Å². The predicted molar refractivity (Wildman–Crippen MR) is 87.7 cm³/mol. The van der Waals surface area contributed by atoms with Crippen molar-refractivity contribution in [1.82, 2.24) is 5.32 Å². The number of rotatable bonds is 5. The number of halogens is 1. The Bertz CT molecular complexity index is 612. The number of carbonyl (C=O) groups excluding carboxylic acids is 1. The Morgan fingerprint density at radius 3 is 2.38 bits per heavy atom. The van der Waals surface area contributed by atoms with E-state index in [-0.39, 0.29) is 29.6 Å². The standard InChI is InChI=1S/C19H24FNO3/c20-16-8-4-3-7-15(16)17(12-5-1-2-6-12)21-18(22)13-9-10-14(11-13)19(23)24/h3-4,7-8,12-14,17H,1-2,5-6,9-11H2,(H,21,22)(H,23,24)/t13-,14+,17?/m0/s1. The zero-order chi connectivity index (χ0) is 17.1. The van der Waals surface area contributed by atoms with E-state index in [2.05, 4.69) is 5.32 Å². The summed E-state index contributed by atoms with van der Waals surface area (Å²) in [6, 6.07) is 6.31. The third kappa shape index (κ3) is 3.60. The Balaban J connectivity index is 1.74. The van der Waals surface area contributed by atoms with Gasteiger partial charge in [-0.05, 0) is 44.1 Å². The van der Waals surface area contributed by atoms with Gasteiger partial charge in [0, 0.05) is 11.5 Å². The van der Waals surface area contributed by atoms with E-state index in [4.69, 9.17) is 5.11 Å². The van der Waals surface area contributed by atoms with E-state index in [0.717, 1.165) is 25.7 Å². The van der Waals surface area contributed by atoms with E-state index in [1.165, 1.54) is 6.07 Å². The Kier molecular flexibility index (Phi) is 5.17. The lowest BCUT2D eigenvalue weighted by Crippen LogP contribution is -2.37. The average molecular weight is 333 g/mol. The second-order valence-corrected chi connectivity index (χ2v) is 7.10. The second-order valence-electron chi connectivity index (χ2n) is 7.10. The summed E-state index contributed by atoms with van der Waals surface area (Å²) in [6.07, 6.45) is 5.71. The molecule has 0 aliphatic heterocycles. The highest BCUT2D eigenvalue weighted by molar-refractivity contribution is 5.81. The third-order valence-electron chi connectivity index (χ3n) is 5.56. The summed E-state index contributed by atoms with van der Waals surface area (Å²) in [5.41, 5.74) is 0.547. The molecule has 2 aliphatic carbocycles. The average Bonchev–Trinajstić information content (AvgIpc) is 3.25. The summed E-state index contributed by atoms with van der Waals surface area (Å²) >= 11 is 0. The lowest BCUT2D eigenvalue weighted by atomic mass is 9.90. The lowest BCUT2D eigenvalue weighted by Gasteiger charge is -2.27. The van der Waals surface area contributed by atoms with Gasteiger partial charge in [0.05, 0.1) is 12.0 Å². The van der Waals surface area contributed by atoms with Crippen molar-refractivity contribution >= 4 is 11.9 Å². The summed E-state index contributed by atoms with van der Waals surface area (Å²) in [5, 5.41) is 12.1. The minimum Gasteiger partial charge on any atom is -0.481 e. The minimum atomic E-state index is -0.827. The molecule has 2 N–H and O–H groups in total. The van der Waals surface area contributed by atoms with Crippen molar-refractivity contribution in [1.29, 1.82) is 0 Å². The first kappa shape index (κ1) is 16.9. The number of carboxylic acids is 1. The van der Waals surface area contributed by atoms with Crippen LogP contribution in [0.1, 0.15) is 56.6 Å². The maximum Gasteiger partial charge on any atom is 0.306 e. The molecule has 1 aromatic carbocycles. The van der Waals surface area contributed by atoms with Gasteiger partial charge < -0.3 is 10.4 Å². The summed E-state index contributed by atoms with van der Waals surface area (Å²) in [7, 11) is 0. The third-order valence-corrected chi connectivity index (χ3v) is 5.56. The molecule has 24 heavy (non-hydrogen) atoms. The van der Waals surface area contributed by atoms with Crippen molar-refractivity contribution in [3.05, 3.63) is 35.6 Å². The first-order valence-corrected chi connectivity index (χ1v) is 8.84. The molecule has 0 bridgehead atoms. The van der Waals surface area contributed by atoms with Gasteiger partial charge in [0.2, 0.25) is 5.91 Å². The highest BCUT2D eigenvalue weighted by atomic mass is 19.1. The van der Waals surface area contributed by atoms with Crippen LogP contribution in [0.4, 0.5) is 4.39 Å². The van der Waals surface area contributed by atoms with E-state index in [0.29, 0.717) is 24.8 Å². The summed E-state index contributed by atoms with van der Waals surface area (Å²) < 4.78 is 14.3. The Morgan fingerprint density at radius 2 is 1.75 bits per heavy atom. The van der Waals surface area contributed by atoms with E-state index >= 15 is 0 Å². The smallest absolute Gasteiger partial charge is 0.306 e. The Labute approximate surface area is 141 Å². The number of amides is 1. The quantitative estimate of drug-likeness (QED) is 0.864. The molecule has 2 aliphatic rings. The van der Waals surface area contributed by atoms with Crippen LogP contribution in [0.2, 0.25) is 0 Å². The van der Waals surface area contributed by atoms with Gasteiger partial charge in [-0.25, -0.2) is 4.39 Å². The van der Waals surface area contributed by atoms with Crippen LogP contribution in [0.25, 0.3) is 0 Å². The number of nitrogens with one attached hydrogen (secondary N) is 1. The van der Waals surface area contributed by atoms with Gasteiger partial charge in [0.15, 0.2) is 0 Å². The zero-order valence-corrected chi connectivity index (χ0v) is 13.7. The molecule has 2 fully saturated rings. The van der Waals surface area contributed by atoms with Gasteiger partial charge in [-0.1, -0.05) is 31.0 Å². The fourth-order valence-electron chi connectivity index (χ4n) is 4.18. The highest BCUT2D eigenvalue weighted by Crippen LogP contribution is 2.38. The number of benzene rings is 1. The van der Waals surface area contributed by atoms with E-state index in [9.17, 15) is 14.0 Å². The topological polar surface area (TPSA) is 66.4 Å². The maximum atomic E-state index is 14.3. The number of hydrogen-bond acceptors (Lipinski definition) is 2. The van der Waals surface area contributed by atoms with Crippen LogP contribution in [-0.4, -0.2) is 17.0 Å². The fraction of sp³-hybridized carbons (Fsp3) is 0.579. The van der Waals surface area contributed by atoms with Crippen LogP contribution in [0, 0.1) is 23.6 Å². The number of carbonyl (C=O) groups is 2. The molecule has 0 heterocycles.